The lowest BCUT2D eigenvalue weighted by Crippen LogP contribution is -1.95. The van der Waals surface area contributed by atoms with Gasteiger partial charge < -0.3 is 0 Å². The van der Waals surface area contributed by atoms with E-state index in [0.717, 1.165) is 16.7 Å². The van der Waals surface area contributed by atoms with E-state index in [1.54, 1.807) is 0 Å². The van der Waals surface area contributed by atoms with E-state index in [4.69, 9.17) is 0 Å². The van der Waals surface area contributed by atoms with Crippen molar-refractivity contribution in [3.05, 3.63) is 82.8 Å². The van der Waals surface area contributed by atoms with Crippen LogP contribution in [0.4, 0.5) is 4.39 Å². The van der Waals surface area contributed by atoms with Crippen molar-refractivity contribution in [2.45, 2.75) is 27.7 Å². The molecule has 0 N–H and O–H groups in total. The van der Waals surface area contributed by atoms with Crippen LogP contribution in [-0.4, -0.2) is 0 Å². The van der Waals surface area contributed by atoms with E-state index in [1.165, 1.54) is 17.7 Å². The Morgan fingerprint density at radius 2 is 1.27 bits per heavy atom. The molecule has 2 aromatic rings. The Hall–Kier alpha value is -2.11. The van der Waals surface area contributed by atoms with Crippen LogP contribution in [0, 0.1) is 16.6 Å². The third-order valence-electron chi connectivity index (χ3n) is 5.20. The molecule has 0 radical (unpaired) electrons. The first-order chi connectivity index (χ1) is 10.3. The minimum Gasteiger partial charge on any atom is -0.207 e. The summed E-state index contributed by atoms with van der Waals surface area (Å²) in [5.74, 6) is -0.212. The number of allylic oxidation sites excluding steroid dienone is 1. The fourth-order valence-corrected chi connectivity index (χ4v) is 3.00. The van der Waals surface area contributed by atoms with Gasteiger partial charge in [0.25, 0.3) is 0 Å². The second-order valence-corrected chi connectivity index (χ2v) is 7.00. The topological polar surface area (TPSA) is 0 Å². The Kier molecular flexibility index (Phi) is 3.34. The molecular weight excluding hydrogens is 271 g/mol. The molecule has 112 valence electrons. The Morgan fingerprint density at radius 3 is 1.77 bits per heavy atom. The van der Waals surface area contributed by atoms with Gasteiger partial charge in [0.15, 0.2) is 0 Å². The van der Waals surface area contributed by atoms with Crippen molar-refractivity contribution in [3.8, 4) is 0 Å². The highest BCUT2D eigenvalue weighted by Crippen LogP contribution is 2.67. The number of hydrogen-bond acceptors (Lipinski definition) is 0. The smallest absolute Gasteiger partial charge is 0.123 e. The Balaban J connectivity index is 2.22. The maximum atomic E-state index is 13.2. The monoisotopic (exact) mass is 292 g/mol. The second kappa shape index (κ2) is 4.97. The van der Waals surface area contributed by atoms with Gasteiger partial charge in [0, 0.05) is 16.4 Å². The van der Waals surface area contributed by atoms with E-state index in [2.05, 4.69) is 45.6 Å². The zero-order valence-corrected chi connectivity index (χ0v) is 13.6. The SMILES string of the molecule is CC1(C)C(=C=C(c2ccccc2)c2ccc(F)cc2)C1(C)C. The van der Waals surface area contributed by atoms with Gasteiger partial charge in [-0.15, -0.1) is 5.73 Å². The summed E-state index contributed by atoms with van der Waals surface area (Å²) in [4.78, 5) is 0. The van der Waals surface area contributed by atoms with E-state index < -0.39 is 0 Å². The summed E-state index contributed by atoms with van der Waals surface area (Å²) in [6.45, 7) is 9.01. The molecule has 0 heterocycles. The third kappa shape index (κ3) is 2.32. The molecule has 0 aliphatic heterocycles. The van der Waals surface area contributed by atoms with Crippen molar-refractivity contribution in [3.63, 3.8) is 0 Å². The van der Waals surface area contributed by atoms with Gasteiger partial charge in [0.1, 0.15) is 5.82 Å². The molecule has 0 atom stereocenters. The summed E-state index contributed by atoms with van der Waals surface area (Å²) in [5.41, 5.74) is 8.42. The molecule has 2 aromatic carbocycles. The van der Waals surface area contributed by atoms with Gasteiger partial charge in [-0.05, 0) is 28.8 Å². The van der Waals surface area contributed by atoms with Crippen molar-refractivity contribution >= 4 is 5.57 Å². The first-order valence-electron chi connectivity index (χ1n) is 7.67. The molecule has 0 saturated heterocycles. The van der Waals surface area contributed by atoms with Crippen LogP contribution in [0.15, 0.2) is 65.9 Å². The summed E-state index contributed by atoms with van der Waals surface area (Å²) >= 11 is 0. The Bertz CT molecular complexity index is 739. The maximum Gasteiger partial charge on any atom is 0.123 e. The van der Waals surface area contributed by atoms with E-state index in [-0.39, 0.29) is 16.6 Å². The van der Waals surface area contributed by atoms with E-state index in [0.29, 0.717) is 0 Å². The number of rotatable bonds is 2. The molecule has 0 aromatic heterocycles. The zero-order chi connectivity index (χ0) is 16.0. The maximum absolute atomic E-state index is 13.2. The quantitative estimate of drug-likeness (QED) is 0.609. The molecule has 0 unspecified atom stereocenters. The number of hydrogen-bond donors (Lipinski definition) is 0. The molecule has 0 amide bonds. The summed E-state index contributed by atoms with van der Waals surface area (Å²) in [6, 6.07) is 16.9. The summed E-state index contributed by atoms with van der Waals surface area (Å²) in [6.07, 6.45) is 0. The standard InChI is InChI=1S/C21H21F/c1-20(2)19(21(20,3)4)14-18(15-8-6-5-7-9-15)16-10-12-17(22)13-11-16/h5-13H,1-4H3. The highest BCUT2D eigenvalue weighted by atomic mass is 19.1. The first kappa shape index (κ1) is 14.8. The van der Waals surface area contributed by atoms with Crippen LogP contribution >= 0.6 is 0 Å². The Labute approximate surface area is 132 Å². The molecule has 1 heteroatoms. The van der Waals surface area contributed by atoms with Crippen LogP contribution in [0.25, 0.3) is 5.57 Å². The van der Waals surface area contributed by atoms with E-state index in [9.17, 15) is 4.39 Å². The molecule has 0 nitrogen and oxygen atoms in total. The van der Waals surface area contributed by atoms with Gasteiger partial charge in [-0.2, -0.15) is 0 Å². The fraction of sp³-hybridized carbons (Fsp3) is 0.286. The van der Waals surface area contributed by atoms with Gasteiger partial charge in [-0.1, -0.05) is 70.2 Å². The van der Waals surface area contributed by atoms with Crippen molar-refractivity contribution in [2.75, 3.05) is 0 Å². The molecule has 3 rings (SSSR count). The van der Waals surface area contributed by atoms with Crippen molar-refractivity contribution < 1.29 is 4.39 Å². The van der Waals surface area contributed by atoms with Gasteiger partial charge >= 0.3 is 0 Å². The molecule has 0 bridgehead atoms. The highest BCUT2D eigenvalue weighted by Gasteiger charge is 2.60. The van der Waals surface area contributed by atoms with Gasteiger partial charge in [-0.25, -0.2) is 4.39 Å². The van der Waals surface area contributed by atoms with E-state index in [1.807, 2.05) is 30.3 Å². The lowest BCUT2D eigenvalue weighted by atomic mass is 9.98. The molecular formula is C21H21F. The minimum atomic E-state index is -0.212. The van der Waals surface area contributed by atoms with Crippen LogP contribution < -0.4 is 0 Å². The molecule has 1 fully saturated rings. The van der Waals surface area contributed by atoms with Crippen LogP contribution in [0.5, 0.6) is 0 Å². The normalized spacial score (nSPS) is 17.8. The number of benzene rings is 2. The minimum absolute atomic E-state index is 0.160. The molecule has 1 saturated carbocycles. The van der Waals surface area contributed by atoms with Crippen LogP contribution in [-0.2, 0) is 0 Å². The summed E-state index contributed by atoms with van der Waals surface area (Å²) < 4.78 is 13.2. The van der Waals surface area contributed by atoms with Gasteiger partial charge in [0.2, 0.25) is 0 Å². The average Bonchev–Trinajstić information content (AvgIpc) is 2.88. The molecule has 22 heavy (non-hydrogen) atoms. The number of halogens is 1. The summed E-state index contributed by atoms with van der Waals surface area (Å²) in [7, 11) is 0. The van der Waals surface area contributed by atoms with Gasteiger partial charge in [0.05, 0.1) is 0 Å². The summed E-state index contributed by atoms with van der Waals surface area (Å²) in [5, 5.41) is 0. The largest absolute Gasteiger partial charge is 0.207 e. The van der Waals surface area contributed by atoms with Crippen LogP contribution in [0.2, 0.25) is 0 Å². The molecule has 1 aliphatic carbocycles. The Morgan fingerprint density at radius 1 is 0.773 bits per heavy atom. The second-order valence-electron chi connectivity index (χ2n) is 7.00. The predicted octanol–water partition coefficient (Wildman–Crippen LogP) is 5.85. The van der Waals surface area contributed by atoms with Crippen molar-refractivity contribution in [2.24, 2.45) is 10.8 Å². The lowest BCUT2D eigenvalue weighted by Gasteiger charge is -2.05. The first-order valence-corrected chi connectivity index (χ1v) is 7.67. The van der Waals surface area contributed by atoms with E-state index >= 15 is 0 Å². The van der Waals surface area contributed by atoms with Crippen molar-refractivity contribution in [1.29, 1.82) is 0 Å². The zero-order valence-electron chi connectivity index (χ0n) is 13.6. The lowest BCUT2D eigenvalue weighted by molar-refractivity contribution is 0.457. The van der Waals surface area contributed by atoms with Crippen LogP contribution in [0.1, 0.15) is 38.8 Å². The van der Waals surface area contributed by atoms with Crippen molar-refractivity contribution in [1.82, 2.24) is 0 Å². The highest BCUT2D eigenvalue weighted by molar-refractivity contribution is 5.80. The van der Waals surface area contributed by atoms with Gasteiger partial charge in [-0.3, -0.25) is 0 Å². The average molecular weight is 292 g/mol. The predicted molar refractivity (Wildman–Crippen MR) is 89.9 cm³/mol. The third-order valence-corrected chi connectivity index (χ3v) is 5.20. The van der Waals surface area contributed by atoms with Crippen LogP contribution in [0.3, 0.4) is 0 Å². The fourth-order valence-electron chi connectivity index (χ4n) is 3.00. The molecule has 0 spiro atoms. The molecule has 1 aliphatic rings.